The summed E-state index contributed by atoms with van der Waals surface area (Å²) in [7, 11) is 1.87. The zero-order chi connectivity index (χ0) is 34.5. The number of benzene rings is 2. The lowest BCUT2D eigenvalue weighted by Crippen LogP contribution is -2.40. The Kier molecular flexibility index (Phi) is 9.58. The Morgan fingerprint density at radius 3 is 2.27 bits per heavy atom. The van der Waals surface area contributed by atoms with Crippen molar-refractivity contribution in [1.29, 1.82) is 0 Å². The number of carbonyl (C=O) groups excluding carboxylic acids is 2. The highest BCUT2D eigenvalue weighted by atomic mass is 35.5. The maximum Gasteiger partial charge on any atom is 0.391 e. The van der Waals surface area contributed by atoms with E-state index in [9.17, 15) is 22.8 Å². The first-order chi connectivity index (χ1) is 22.6. The van der Waals surface area contributed by atoms with Gasteiger partial charge in [0, 0.05) is 38.1 Å². The molecule has 3 fully saturated rings. The lowest BCUT2D eigenvalue weighted by atomic mass is 9.85. The molecule has 2 aromatic carbocycles. The molecule has 2 saturated carbocycles. The van der Waals surface area contributed by atoms with Gasteiger partial charge in [-0.25, -0.2) is 4.98 Å². The summed E-state index contributed by atoms with van der Waals surface area (Å²) in [5.41, 5.74) is 3.23. The summed E-state index contributed by atoms with van der Waals surface area (Å²) in [4.78, 5) is 33.4. The van der Waals surface area contributed by atoms with E-state index in [0.717, 1.165) is 24.3 Å². The number of imidazole rings is 1. The number of alkyl halides is 3. The third-order valence-corrected chi connectivity index (χ3v) is 11.1. The van der Waals surface area contributed by atoms with Gasteiger partial charge in [0.2, 0.25) is 11.9 Å². The molecule has 3 aliphatic rings. The quantitative estimate of drug-likeness (QED) is 0.230. The van der Waals surface area contributed by atoms with Crippen LogP contribution in [0.3, 0.4) is 0 Å². The number of hydrogen-bond acceptors (Lipinski definition) is 5. The van der Waals surface area contributed by atoms with Crippen LogP contribution >= 0.6 is 23.2 Å². The van der Waals surface area contributed by atoms with Gasteiger partial charge in [-0.15, -0.1) is 0 Å². The maximum atomic E-state index is 13.9. The molecule has 0 radical (unpaired) electrons. The van der Waals surface area contributed by atoms with E-state index in [-0.39, 0.29) is 37.2 Å². The fourth-order valence-corrected chi connectivity index (χ4v) is 7.97. The SMILES string of the molecule is Cn1c(Nc2c(Cl)ccc(CNC(=O)C(C)(C)C)c2Cl)nc2cc(C(=O)NC3CCC(C(F)(F)F)CC3)c(N3CC4CCCC4C3)cc21. The van der Waals surface area contributed by atoms with Gasteiger partial charge in [-0.1, -0.05) is 56.5 Å². The van der Waals surface area contributed by atoms with Crippen molar-refractivity contribution in [2.24, 2.45) is 30.2 Å². The molecule has 8 nitrogen and oxygen atoms in total. The van der Waals surface area contributed by atoms with Gasteiger partial charge < -0.3 is 25.4 Å². The smallest absolute Gasteiger partial charge is 0.370 e. The monoisotopic (exact) mass is 706 g/mol. The van der Waals surface area contributed by atoms with E-state index in [2.05, 4.69) is 20.9 Å². The number of hydrogen-bond donors (Lipinski definition) is 3. The first-order valence-electron chi connectivity index (χ1n) is 16.8. The molecular formula is C35H43Cl2F3N6O2. The predicted molar refractivity (Wildman–Crippen MR) is 184 cm³/mol. The second kappa shape index (κ2) is 13.3. The lowest BCUT2D eigenvalue weighted by Gasteiger charge is -2.31. The highest BCUT2D eigenvalue weighted by molar-refractivity contribution is 6.39. The topological polar surface area (TPSA) is 91.3 Å². The lowest BCUT2D eigenvalue weighted by molar-refractivity contribution is -0.182. The molecule has 2 heterocycles. The second-order valence-corrected chi connectivity index (χ2v) is 15.5. The molecule has 1 aromatic heterocycles. The van der Waals surface area contributed by atoms with Crippen molar-refractivity contribution >= 4 is 63.4 Å². The summed E-state index contributed by atoms with van der Waals surface area (Å²) < 4.78 is 41.7. The summed E-state index contributed by atoms with van der Waals surface area (Å²) in [6, 6.07) is 6.94. The Morgan fingerprint density at radius 2 is 1.65 bits per heavy atom. The molecule has 13 heteroatoms. The second-order valence-electron chi connectivity index (χ2n) is 14.7. The average Bonchev–Trinajstić information content (AvgIpc) is 3.71. The molecule has 2 amide bonds. The van der Waals surface area contributed by atoms with Crippen LogP contribution in [0.15, 0.2) is 24.3 Å². The van der Waals surface area contributed by atoms with Crippen molar-refractivity contribution in [1.82, 2.24) is 20.2 Å². The molecular weight excluding hydrogens is 664 g/mol. The molecule has 0 bridgehead atoms. The first-order valence-corrected chi connectivity index (χ1v) is 17.5. The van der Waals surface area contributed by atoms with Crippen LogP contribution in [0.5, 0.6) is 0 Å². The van der Waals surface area contributed by atoms with E-state index >= 15 is 0 Å². The highest BCUT2D eigenvalue weighted by Crippen LogP contribution is 2.43. The minimum absolute atomic E-state index is 0.0143. The summed E-state index contributed by atoms with van der Waals surface area (Å²) in [6.45, 7) is 7.45. The van der Waals surface area contributed by atoms with E-state index in [1.54, 1.807) is 18.2 Å². The fraction of sp³-hybridized carbons (Fsp3) is 0.571. The number of anilines is 3. The van der Waals surface area contributed by atoms with Gasteiger partial charge in [-0.2, -0.15) is 13.2 Å². The molecule has 0 spiro atoms. The number of fused-ring (bicyclic) bond motifs is 2. The fourth-order valence-electron chi connectivity index (χ4n) is 7.44. The molecule has 48 heavy (non-hydrogen) atoms. The summed E-state index contributed by atoms with van der Waals surface area (Å²) in [6.07, 6.45) is -0.0210. The van der Waals surface area contributed by atoms with E-state index < -0.39 is 17.5 Å². The van der Waals surface area contributed by atoms with E-state index in [1.165, 1.54) is 19.3 Å². The molecule has 2 unspecified atom stereocenters. The number of halogens is 5. The Labute approximate surface area is 289 Å². The molecule has 260 valence electrons. The van der Waals surface area contributed by atoms with Crippen LogP contribution in [-0.2, 0) is 18.4 Å². The van der Waals surface area contributed by atoms with Crippen LogP contribution in [0.4, 0.5) is 30.5 Å². The average molecular weight is 708 g/mol. The summed E-state index contributed by atoms with van der Waals surface area (Å²) >= 11 is 13.4. The molecule has 1 aliphatic heterocycles. The Hall–Kier alpha value is -3.18. The van der Waals surface area contributed by atoms with Gasteiger partial charge >= 0.3 is 6.18 Å². The van der Waals surface area contributed by atoms with Crippen molar-refractivity contribution in [2.75, 3.05) is 23.3 Å². The minimum atomic E-state index is -4.20. The maximum absolute atomic E-state index is 13.9. The van der Waals surface area contributed by atoms with Crippen LogP contribution in [0.2, 0.25) is 10.0 Å². The van der Waals surface area contributed by atoms with Crippen LogP contribution in [0.1, 0.15) is 81.6 Å². The van der Waals surface area contributed by atoms with Crippen molar-refractivity contribution in [2.45, 2.75) is 84.5 Å². The van der Waals surface area contributed by atoms with E-state index in [0.29, 0.717) is 63.0 Å². The molecule has 1 saturated heterocycles. The van der Waals surface area contributed by atoms with E-state index in [4.69, 9.17) is 28.2 Å². The Balaban J connectivity index is 1.29. The van der Waals surface area contributed by atoms with Crippen molar-refractivity contribution in [3.8, 4) is 0 Å². The summed E-state index contributed by atoms with van der Waals surface area (Å²) in [5, 5.41) is 9.98. The first kappa shape index (κ1) is 34.7. The molecule has 6 rings (SSSR count). The zero-order valence-electron chi connectivity index (χ0n) is 27.7. The van der Waals surface area contributed by atoms with Crippen molar-refractivity contribution < 1.29 is 22.8 Å². The Morgan fingerprint density at radius 1 is 0.979 bits per heavy atom. The largest absolute Gasteiger partial charge is 0.391 e. The van der Waals surface area contributed by atoms with Gasteiger partial charge in [-0.3, -0.25) is 9.59 Å². The van der Waals surface area contributed by atoms with Gasteiger partial charge in [0.1, 0.15) is 0 Å². The number of aromatic nitrogens is 2. The highest BCUT2D eigenvalue weighted by Gasteiger charge is 2.42. The number of aryl methyl sites for hydroxylation is 1. The van der Waals surface area contributed by atoms with Gasteiger partial charge in [0.25, 0.3) is 5.91 Å². The number of carbonyl (C=O) groups is 2. The number of amides is 2. The Bertz CT molecular complexity index is 1700. The normalized spacial score (nSPS) is 23.0. The number of nitrogens with zero attached hydrogens (tertiary/aromatic N) is 3. The van der Waals surface area contributed by atoms with Crippen molar-refractivity contribution in [3.05, 3.63) is 45.4 Å². The molecule has 2 atom stereocenters. The van der Waals surface area contributed by atoms with Gasteiger partial charge in [0.05, 0.1) is 43.9 Å². The van der Waals surface area contributed by atoms with Crippen LogP contribution in [0, 0.1) is 23.2 Å². The molecule has 3 aromatic rings. The molecule has 3 N–H and O–H groups in total. The van der Waals surface area contributed by atoms with Crippen molar-refractivity contribution in [3.63, 3.8) is 0 Å². The summed E-state index contributed by atoms with van der Waals surface area (Å²) in [5.74, 6) is -0.0891. The predicted octanol–water partition coefficient (Wildman–Crippen LogP) is 8.37. The third kappa shape index (κ3) is 7.08. The van der Waals surface area contributed by atoms with Gasteiger partial charge in [0.15, 0.2) is 0 Å². The van der Waals surface area contributed by atoms with Crippen LogP contribution in [0.25, 0.3) is 11.0 Å². The van der Waals surface area contributed by atoms with Crippen LogP contribution < -0.4 is 20.9 Å². The van der Waals surface area contributed by atoms with E-state index in [1.807, 2.05) is 38.5 Å². The third-order valence-electron chi connectivity index (χ3n) is 10.4. The zero-order valence-corrected chi connectivity index (χ0v) is 29.2. The molecule has 2 aliphatic carbocycles. The van der Waals surface area contributed by atoms with Gasteiger partial charge in [-0.05, 0) is 74.1 Å². The minimum Gasteiger partial charge on any atom is -0.370 e. The van der Waals surface area contributed by atoms with Crippen LogP contribution in [-0.4, -0.2) is 46.7 Å². The number of rotatable bonds is 7. The number of nitrogens with one attached hydrogen (secondary N) is 3. The standard InChI is InChI=1S/C35H43Cl2F3N6O2/c1-34(2,3)32(48)41-16-19-8-13-25(36)30(29(19)37)44-33-43-26-14-24(31(47)42-23-11-9-22(10-12-23)35(38,39)40)27(15-28(26)45(33)4)46-17-20-6-5-7-21(20)18-46/h8,13-15,20-23H,5-7,9-12,16-18H2,1-4H3,(H,41,48)(H,42,47)(H,43,44).